The first-order valence-corrected chi connectivity index (χ1v) is 5.10. The van der Waals surface area contributed by atoms with Crippen molar-refractivity contribution in [1.82, 2.24) is 20.1 Å². The minimum atomic E-state index is -0.218. The highest BCUT2D eigenvalue weighted by Crippen LogP contribution is 2.16. The average Bonchev–Trinajstić information content (AvgIpc) is 2.77. The molecule has 6 heteroatoms. The van der Waals surface area contributed by atoms with Crippen LogP contribution in [0.3, 0.4) is 0 Å². The van der Waals surface area contributed by atoms with Gasteiger partial charge in [0.15, 0.2) is 0 Å². The third-order valence-corrected chi connectivity index (χ3v) is 2.20. The van der Waals surface area contributed by atoms with Crippen LogP contribution in [0.15, 0.2) is 16.8 Å². The van der Waals surface area contributed by atoms with Crippen molar-refractivity contribution < 1.29 is 4.52 Å². The van der Waals surface area contributed by atoms with Gasteiger partial charge in [-0.2, -0.15) is 4.98 Å². The van der Waals surface area contributed by atoms with Crippen molar-refractivity contribution in [2.45, 2.75) is 26.3 Å². The molecule has 0 amide bonds. The fourth-order valence-corrected chi connectivity index (χ4v) is 1.25. The molecular formula is C10H13N5O. The van der Waals surface area contributed by atoms with Crippen molar-refractivity contribution in [1.29, 1.82) is 0 Å². The van der Waals surface area contributed by atoms with E-state index < -0.39 is 0 Å². The molecule has 1 atom stereocenters. The maximum absolute atomic E-state index is 5.79. The molecule has 0 spiro atoms. The fraction of sp³-hybridized carbons (Fsp3) is 0.400. The fourth-order valence-electron chi connectivity index (χ4n) is 1.25. The number of aromatic nitrogens is 4. The lowest BCUT2D eigenvalue weighted by molar-refractivity contribution is 0.352. The van der Waals surface area contributed by atoms with E-state index in [0.29, 0.717) is 23.2 Å². The molecule has 0 aromatic carbocycles. The van der Waals surface area contributed by atoms with Crippen LogP contribution in [0, 0.1) is 6.92 Å². The topological polar surface area (TPSA) is 90.7 Å². The minimum Gasteiger partial charge on any atom is -0.337 e. The second-order valence-corrected chi connectivity index (χ2v) is 3.46. The lowest BCUT2D eigenvalue weighted by Crippen LogP contribution is -2.08. The van der Waals surface area contributed by atoms with Gasteiger partial charge in [0, 0.05) is 6.20 Å². The summed E-state index contributed by atoms with van der Waals surface area (Å²) >= 11 is 0. The summed E-state index contributed by atoms with van der Waals surface area (Å²) < 4.78 is 5.07. The molecule has 0 saturated heterocycles. The molecule has 0 bridgehead atoms. The predicted octanol–water partition coefficient (Wildman–Crippen LogP) is 1.24. The van der Waals surface area contributed by atoms with E-state index in [1.54, 1.807) is 12.3 Å². The van der Waals surface area contributed by atoms with Crippen molar-refractivity contribution in [3.63, 3.8) is 0 Å². The molecule has 0 saturated carbocycles. The van der Waals surface area contributed by atoms with Gasteiger partial charge >= 0.3 is 0 Å². The second-order valence-electron chi connectivity index (χ2n) is 3.46. The van der Waals surface area contributed by atoms with Crippen molar-refractivity contribution in [3.8, 4) is 11.5 Å². The molecule has 0 radical (unpaired) electrons. The summed E-state index contributed by atoms with van der Waals surface area (Å²) in [5.74, 6) is 1.56. The number of hydrogen-bond acceptors (Lipinski definition) is 6. The summed E-state index contributed by atoms with van der Waals surface area (Å²) in [5.41, 5.74) is 6.43. The third-order valence-electron chi connectivity index (χ3n) is 2.20. The molecule has 6 nitrogen and oxygen atoms in total. The molecular weight excluding hydrogens is 206 g/mol. The van der Waals surface area contributed by atoms with Crippen LogP contribution in [0.1, 0.15) is 31.1 Å². The zero-order valence-electron chi connectivity index (χ0n) is 9.21. The summed E-state index contributed by atoms with van der Waals surface area (Å²) in [5, 5.41) is 3.84. The Morgan fingerprint density at radius 3 is 2.94 bits per heavy atom. The Labute approximate surface area is 92.9 Å². The van der Waals surface area contributed by atoms with Gasteiger partial charge in [-0.25, -0.2) is 9.97 Å². The van der Waals surface area contributed by atoms with Gasteiger partial charge in [-0.3, -0.25) is 0 Å². The summed E-state index contributed by atoms with van der Waals surface area (Å²) in [6.45, 7) is 3.77. The molecule has 2 rings (SSSR count). The first kappa shape index (κ1) is 10.7. The predicted molar refractivity (Wildman–Crippen MR) is 57.3 cm³/mol. The largest absolute Gasteiger partial charge is 0.337 e. The van der Waals surface area contributed by atoms with E-state index in [1.807, 2.05) is 13.8 Å². The molecule has 2 aromatic heterocycles. The molecule has 84 valence electrons. The number of rotatable bonds is 3. The molecule has 1 unspecified atom stereocenters. The van der Waals surface area contributed by atoms with E-state index in [2.05, 4.69) is 20.1 Å². The molecule has 2 N–H and O–H groups in total. The lowest BCUT2D eigenvalue weighted by atomic mass is 10.2. The van der Waals surface area contributed by atoms with Crippen LogP contribution in [0.5, 0.6) is 0 Å². The Morgan fingerprint density at radius 1 is 1.44 bits per heavy atom. The van der Waals surface area contributed by atoms with E-state index in [0.717, 1.165) is 6.42 Å². The summed E-state index contributed by atoms with van der Waals surface area (Å²) in [7, 11) is 0. The van der Waals surface area contributed by atoms with Crippen molar-refractivity contribution in [2.24, 2.45) is 5.73 Å². The Hall–Kier alpha value is -1.82. The zero-order chi connectivity index (χ0) is 11.5. The second kappa shape index (κ2) is 4.36. The molecule has 0 aliphatic heterocycles. The Balaban J connectivity index is 2.31. The van der Waals surface area contributed by atoms with Crippen LogP contribution in [-0.2, 0) is 0 Å². The lowest BCUT2D eigenvalue weighted by Gasteiger charge is -1.99. The van der Waals surface area contributed by atoms with Gasteiger partial charge < -0.3 is 10.3 Å². The van der Waals surface area contributed by atoms with E-state index in [-0.39, 0.29) is 6.04 Å². The molecule has 2 aromatic rings. The van der Waals surface area contributed by atoms with Gasteiger partial charge in [-0.15, -0.1) is 0 Å². The highest BCUT2D eigenvalue weighted by atomic mass is 16.5. The van der Waals surface area contributed by atoms with Gasteiger partial charge in [-0.1, -0.05) is 12.1 Å². The average molecular weight is 219 g/mol. The van der Waals surface area contributed by atoms with Gasteiger partial charge in [-0.05, 0) is 19.4 Å². The summed E-state index contributed by atoms with van der Waals surface area (Å²) in [4.78, 5) is 12.4. The normalized spacial score (nSPS) is 12.7. The molecule has 2 heterocycles. The number of hydrogen-bond donors (Lipinski definition) is 1. The number of nitrogens with two attached hydrogens (primary N) is 1. The Bertz CT molecular complexity index is 482. The molecule has 0 aliphatic carbocycles. The Morgan fingerprint density at radius 2 is 2.25 bits per heavy atom. The zero-order valence-corrected chi connectivity index (χ0v) is 9.21. The van der Waals surface area contributed by atoms with Crippen LogP contribution in [-0.4, -0.2) is 20.1 Å². The summed E-state index contributed by atoms with van der Waals surface area (Å²) in [6.07, 6.45) is 2.41. The van der Waals surface area contributed by atoms with Gasteiger partial charge in [0.2, 0.25) is 11.7 Å². The maximum Gasteiger partial charge on any atom is 0.243 e. The van der Waals surface area contributed by atoms with Crippen LogP contribution in [0.4, 0.5) is 0 Å². The Kier molecular flexibility index (Phi) is 2.91. The number of nitrogens with zero attached hydrogens (tertiary/aromatic N) is 4. The van der Waals surface area contributed by atoms with E-state index >= 15 is 0 Å². The minimum absolute atomic E-state index is 0.218. The van der Waals surface area contributed by atoms with Gasteiger partial charge in [0.05, 0.1) is 6.04 Å². The van der Waals surface area contributed by atoms with Crippen LogP contribution >= 0.6 is 0 Å². The third kappa shape index (κ3) is 2.06. The van der Waals surface area contributed by atoms with Gasteiger partial charge in [0.1, 0.15) is 11.5 Å². The van der Waals surface area contributed by atoms with Crippen molar-refractivity contribution in [3.05, 3.63) is 24.0 Å². The van der Waals surface area contributed by atoms with E-state index in [1.165, 1.54) is 0 Å². The summed E-state index contributed by atoms with van der Waals surface area (Å²) in [6, 6.07) is 1.52. The first-order chi connectivity index (χ1) is 7.70. The van der Waals surface area contributed by atoms with Crippen molar-refractivity contribution >= 4 is 0 Å². The van der Waals surface area contributed by atoms with Crippen LogP contribution < -0.4 is 5.73 Å². The standard InChI is InChI=1S/C10H13N5O/c1-3-7(11)10-14-9(15-16-10)8-4-5-12-6(2)13-8/h4-5,7H,3,11H2,1-2H3. The monoisotopic (exact) mass is 219 g/mol. The van der Waals surface area contributed by atoms with Gasteiger partial charge in [0.25, 0.3) is 0 Å². The molecule has 0 aliphatic rings. The van der Waals surface area contributed by atoms with Crippen molar-refractivity contribution in [2.75, 3.05) is 0 Å². The number of aryl methyl sites for hydroxylation is 1. The smallest absolute Gasteiger partial charge is 0.243 e. The maximum atomic E-state index is 5.79. The molecule has 0 fully saturated rings. The molecule has 16 heavy (non-hydrogen) atoms. The van der Waals surface area contributed by atoms with E-state index in [4.69, 9.17) is 10.3 Å². The van der Waals surface area contributed by atoms with Crippen LogP contribution in [0.25, 0.3) is 11.5 Å². The highest BCUT2D eigenvalue weighted by Gasteiger charge is 2.14. The highest BCUT2D eigenvalue weighted by molar-refractivity contribution is 5.46. The first-order valence-electron chi connectivity index (χ1n) is 5.10. The quantitative estimate of drug-likeness (QED) is 0.835. The SMILES string of the molecule is CCC(N)c1nc(-c2ccnc(C)n2)no1. The van der Waals surface area contributed by atoms with Crippen LogP contribution in [0.2, 0.25) is 0 Å². The van der Waals surface area contributed by atoms with E-state index in [9.17, 15) is 0 Å².